The van der Waals surface area contributed by atoms with Crippen molar-refractivity contribution in [1.29, 1.82) is 5.26 Å². The average molecular weight is 423 g/mol. The zero-order chi connectivity index (χ0) is 21.4. The quantitative estimate of drug-likeness (QED) is 0.616. The molecule has 4 rings (SSSR count). The molecule has 0 bridgehead atoms. The van der Waals surface area contributed by atoms with Crippen LogP contribution in [0.3, 0.4) is 0 Å². The number of fused-ring (bicyclic) bond motifs is 3. The van der Waals surface area contributed by atoms with Gasteiger partial charge in [0.15, 0.2) is 17.3 Å². The van der Waals surface area contributed by atoms with Crippen LogP contribution in [0.2, 0.25) is 0 Å². The van der Waals surface area contributed by atoms with Crippen LogP contribution in [0.4, 0.5) is 0 Å². The molecule has 1 unspecified atom stereocenters. The summed E-state index contributed by atoms with van der Waals surface area (Å²) in [6.07, 6.45) is 4.48. The lowest BCUT2D eigenvalue weighted by molar-refractivity contribution is 0.340. The number of phenolic OH excluding ortho intramolecular Hbond substituents is 1. The minimum Gasteiger partial charge on any atom is -0.502 e. The number of hydrogen-bond donors (Lipinski definition) is 2. The highest BCUT2D eigenvalue weighted by molar-refractivity contribution is 7.18. The Kier molecular flexibility index (Phi) is 5.22. The van der Waals surface area contributed by atoms with E-state index in [1.54, 1.807) is 18.2 Å². The molecule has 1 aliphatic rings. The molecule has 0 radical (unpaired) electrons. The maximum atomic E-state index is 12.8. The molecule has 3 aromatic rings. The third-order valence-corrected chi connectivity index (χ3v) is 6.50. The standard InChI is InChI=1S/C22H21N3O4S/c1-11-4-5-14-17(6-11)30-22-18(14)21(27)24-20(25-22)13(10-23)7-12-8-15(28-2)19(26)16(9-12)29-3/h7-9,11,26H,4-6H2,1-3H3,(H,24,25,27)/b13-7+. The molecule has 1 atom stereocenters. The van der Waals surface area contributed by atoms with Crippen molar-refractivity contribution in [3.8, 4) is 23.3 Å². The predicted octanol–water partition coefficient (Wildman–Crippen LogP) is 3.90. The van der Waals surface area contributed by atoms with Gasteiger partial charge in [-0.1, -0.05) is 6.92 Å². The molecule has 0 amide bonds. The SMILES string of the molecule is COc1cc(/C=C(\C#N)c2nc3sc4c(c3c(=O)[nH]2)CCC(C)C4)cc(OC)c1O. The summed E-state index contributed by atoms with van der Waals surface area (Å²) in [5.74, 6) is 1.12. The van der Waals surface area contributed by atoms with Crippen LogP contribution in [-0.4, -0.2) is 29.3 Å². The Labute approximate surface area is 177 Å². The summed E-state index contributed by atoms with van der Waals surface area (Å²) >= 11 is 1.54. The number of allylic oxidation sites excluding steroid dienone is 1. The van der Waals surface area contributed by atoms with Crippen molar-refractivity contribution in [2.75, 3.05) is 14.2 Å². The fraction of sp³-hybridized carbons (Fsp3) is 0.318. The van der Waals surface area contributed by atoms with E-state index in [0.29, 0.717) is 21.7 Å². The average Bonchev–Trinajstić information content (AvgIpc) is 3.10. The molecule has 8 heteroatoms. The minimum absolute atomic E-state index is 0.123. The number of nitrogens with one attached hydrogen (secondary N) is 1. The summed E-state index contributed by atoms with van der Waals surface area (Å²) < 4.78 is 10.3. The van der Waals surface area contributed by atoms with Crippen LogP contribution in [-0.2, 0) is 12.8 Å². The molecule has 2 aromatic heterocycles. The second kappa shape index (κ2) is 7.84. The molecule has 7 nitrogen and oxygen atoms in total. The third-order valence-electron chi connectivity index (χ3n) is 5.35. The van der Waals surface area contributed by atoms with Crippen LogP contribution in [0, 0.1) is 17.2 Å². The van der Waals surface area contributed by atoms with Crippen LogP contribution in [0.1, 0.15) is 35.2 Å². The van der Waals surface area contributed by atoms with Crippen LogP contribution in [0.5, 0.6) is 17.2 Å². The van der Waals surface area contributed by atoms with Gasteiger partial charge in [0.2, 0.25) is 5.75 Å². The molecule has 0 saturated carbocycles. The number of aromatic amines is 1. The lowest BCUT2D eigenvalue weighted by Crippen LogP contribution is -2.14. The summed E-state index contributed by atoms with van der Waals surface area (Å²) in [7, 11) is 2.86. The van der Waals surface area contributed by atoms with E-state index in [9.17, 15) is 15.2 Å². The van der Waals surface area contributed by atoms with Crippen molar-refractivity contribution in [3.05, 3.63) is 44.3 Å². The van der Waals surface area contributed by atoms with Crippen molar-refractivity contribution in [3.63, 3.8) is 0 Å². The molecule has 154 valence electrons. The molecular weight excluding hydrogens is 402 g/mol. The fourth-order valence-corrected chi connectivity index (χ4v) is 5.18. The van der Waals surface area contributed by atoms with Gasteiger partial charge in [0, 0.05) is 4.88 Å². The van der Waals surface area contributed by atoms with Crippen molar-refractivity contribution in [2.24, 2.45) is 5.92 Å². The van der Waals surface area contributed by atoms with Crippen LogP contribution >= 0.6 is 11.3 Å². The highest BCUT2D eigenvalue weighted by Gasteiger charge is 2.23. The number of rotatable bonds is 4. The van der Waals surface area contributed by atoms with E-state index >= 15 is 0 Å². The molecule has 0 spiro atoms. The topological polar surface area (TPSA) is 108 Å². The van der Waals surface area contributed by atoms with Crippen LogP contribution in [0.15, 0.2) is 16.9 Å². The molecule has 0 aliphatic heterocycles. The van der Waals surface area contributed by atoms with E-state index in [4.69, 9.17) is 9.47 Å². The molecule has 2 heterocycles. The van der Waals surface area contributed by atoms with Gasteiger partial charge in [-0.15, -0.1) is 11.3 Å². The molecule has 2 N–H and O–H groups in total. The van der Waals surface area contributed by atoms with Gasteiger partial charge in [0.1, 0.15) is 10.9 Å². The Morgan fingerprint density at radius 2 is 2.07 bits per heavy atom. The molecule has 30 heavy (non-hydrogen) atoms. The van der Waals surface area contributed by atoms with Gasteiger partial charge in [-0.3, -0.25) is 4.79 Å². The highest BCUT2D eigenvalue weighted by atomic mass is 32.1. The second-order valence-corrected chi connectivity index (χ2v) is 8.47. The van der Waals surface area contributed by atoms with E-state index in [-0.39, 0.29) is 34.2 Å². The lowest BCUT2D eigenvalue weighted by Gasteiger charge is -2.17. The second-order valence-electron chi connectivity index (χ2n) is 7.39. The first-order chi connectivity index (χ1) is 14.4. The number of methoxy groups -OCH3 is 2. The van der Waals surface area contributed by atoms with E-state index in [1.807, 2.05) is 0 Å². The van der Waals surface area contributed by atoms with Gasteiger partial charge in [0.05, 0.1) is 25.2 Å². The first-order valence-corrected chi connectivity index (χ1v) is 10.4. The lowest BCUT2D eigenvalue weighted by atomic mass is 9.89. The van der Waals surface area contributed by atoms with E-state index < -0.39 is 0 Å². The number of phenols is 1. The van der Waals surface area contributed by atoms with Gasteiger partial charge in [-0.25, -0.2) is 4.98 Å². The number of thiophene rings is 1. The Bertz CT molecular complexity index is 1240. The van der Waals surface area contributed by atoms with Gasteiger partial charge in [0.25, 0.3) is 5.56 Å². The Morgan fingerprint density at radius 3 is 2.70 bits per heavy atom. The monoisotopic (exact) mass is 423 g/mol. The summed E-state index contributed by atoms with van der Waals surface area (Å²) in [6, 6.07) is 5.27. The van der Waals surface area contributed by atoms with Gasteiger partial charge in [-0.2, -0.15) is 5.26 Å². The summed E-state index contributed by atoms with van der Waals surface area (Å²) in [4.78, 5) is 22.1. The number of aromatic hydroxyl groups is 1. The number of aromatic nitrogens is 2. The molecular formula is C22H21N3O4S. The van der Waals surface area contributed by atoms with Gasteiger partial charge < -0.3 is 19.6 Å². The van der Waals surface area contributed by atoms with Crippen molar-refractivity contribution in [2.45, 2.75) is 26.2 Å². The zero-order valence-electron chi connectivity index (χ0n) is 16.9. The number of aryl methyl sites for hydroxylation is 1. The van der Waals surface area contributed by atoms with Gasteiger partial charge in [-0.05, 0) is 54.5 Å². The van der Waals surface area contributed by atoms with E-state index in [1.165, 1.54) is 30.4 Å². The number of H-pyrrole nitrogens is 1. The molecule has 1 aromatic carbocycles. The summed E-state index contributed by atoms with van der Waals surface area (Å²) in [6.45, 7) is 2.22. The molecule has 0 fully saturated rings. The van der Waals surface area contributed by atoms with Gasteiger partial charge >= 0.3 is 0 Å². The van der Waals surface area contributed by atoms with Crippen molar-refractivity contribution >= 4 is 33.2 Å². The number of ether oxygens (including phenoxy) is 2. The Morgan fingerprint density at radius 1 is 1.37 bits per heavy atom. The first-order valence-electron chi connectivity index (χ1n) is 9.56. The normalized spacial score (nSPS) is 16.2. The third kappa shape index (κ3) is 3.42. The number of benzene rings is 1. The fourth-order valence-electron chi connectivity index (χ4n) is 3.79. The first kappa shape index (κ1) is 20.0. The van der Waals surface area contributed by atoms with Crippen LogP contribution in [0.25, 0.3) is 21.9 Å². The Hall–Kier alpha value is -3.31. The summed E-state index contributed by atoms with van der Waals surface area (Å²) in [5, 5.41) is 20.4. The highest BCUT2D eigenvalue weighted by Crippen LogP contribution is 2.38. The Balaban J connectivity index is 1.83. The zero-order valence-corrected chi connectivity index (χ0v) is 17.7. The molecule has 1 aliphatic carbocycles. The predicted molar refractivity (Wildman–Crippen MR) is 116 cm³/mol. The maximum absolute atomic E-state index is 12.8. The molecule has 0 saturated heterocycles. The number of nitriles is 1. The van der Waals surface area contributed by atoms with Crippen molar-refractivity contribution < 1.29 is 14.6 Å². The number of hydrogen-bond acceptors (Lipinski definition) is 7. The van der Waals surface area contributed by atoms with E-state index in [0.717, 1.165) is 24.8 Å². The smallest absolute Gasteiger partial charge is 0.260 e. The van der Waals surface area contributed by atoms with Crippen molar-refractivity contribution in [1.82, 2.24) is 9.97 Å². The minimum atomic E-state index is -0.218. The summed E-state index contributed by atoms with van der Waals surface area (Å²) in [5.41, 5.74) is 1.65. The number of nitrogens with zero attached hydrogens (tertiary/aromatic N) is 2. The maximum Gasteiger partial charge on any atom is 0.260 e. The van der Waals surface area contributed by atoms with E-state index in [2.05, 4.69) is 23.0 Å². The van der Waals surface area contributed by atoms with Crippen LogP contribution < -0.4 is 15.0 Å². The largest absolute Gasteiger partial charge is 0.502 e.